The minimum absolute atomic E-state index is 0.191. The second-order valence-corrected chi connectivity index (χ2v) is 9.08. The Morgan fingerprint density at radius 1 is 1.22 bits per heavy atom. The molecule has 0 radical (unpaired) electrons. The smallest absolute Gasteiger partial charge is 0.374 e. The first kappa shape index (κ1) is 21.3. The molecule has 0 N–H and O–H groups in total. The molecule has 2 fully saturated rings. The van der Waals surface area contributed by atoms with Crippen LogP contribution in [-0.2, 0) is 21.8 Å². The fourth-order valence-electron chi connectivity index (χ4n) is 4.43. The molecule has 0 spiro atoms. The highest BCUT2D eigenvalue weighted by atomic mass is 32.2. The van der Waals surface area contributed by atoms with Gasteiger partial charge in [-0.3, -0.25) is 4.57 Å². The summed E-state index contributed by atoms with van der Waals surface area (Å²) in [7, 11) is 0. The van der Waals surface area contributed by atoms with Crippen LogP contribution < -0.4 is 4.90 Å². The number of thioether (sulfide) groups is 1. The number of aromatic nitrogens is 3. The molecule has 8 nitrogen and oxygen atoms in total. The van der Waals surface area contributed by atoms with Gasteiger partial charge in [0, 0.05) is 36.4 Å². The fourth-order valence-corrected chi connectivity index (χ4v) is 5.40. The molecule has 0 amide bonds. The van der Waals surface area contributed by atoms with Crippen molar-refractivity contribution in [2.24, 2.45) is 0 Å². The molecule has 3 aromatic rings. The fraction of sp³-hybridized carbons (Fsp3) is 0.522. The van der Waals surface area contributed by atoms with E-state index >= 15 is 0 Å². The first-order valence-electron chi connectivity index (χ1n) is 11.3. The highest BCUT2D eigenvalue weighted by Crippen LogP contribution is 2.34. The lowest BCUT2D eigenvalue weighted by Crippen LogP contribution is -2.25. The van der Waals surface area contributed by atoms with Gasteiger partial charge in [-0.25, -0.2) is 4.79 Å². The molecule has 1 aromatic carbocycles. The van der Waals surface area contributed by atoms with Gasteiger partial charge in [-0.05, 0) is 38.7 Å². The molecule has 1 atom stereocenters. The molecule has 170 valence electrons. The number of nitrogens with zero attached hydrogens (tertiary/aromatic N) is 4. The lowest BCUT2D eigenvalue weighted by Gasteiger charge is -2.20. The maximum Gasteiger partial charge on any atom is 0.374 e. The van der Waals surface area contributed by atoms with Gasteiger partial charge in [0.25, 0.3) is 0 Å². The van der Waals surface area contributed by atoms with Gasteiger partial charge in [-0.15, -0.1) is 10.2 Å². The SMILES string of the molecule is CCOC(=O)c1oc2ccccc2c1CSc1nnc(N2CCCC2)n1CC1CCCO1. The third kappa shape index (κ3) is 4.23. The quantitative estimate of drug-likeness (QED) is 0.367. The standard InChI is InChI=1S/C23H28N4O4S/c1-2-29-21(28)20-18(17-9-3-4-10-19(17)31-20)15-32-23-25-24-22(26-11-5-6-12-26)27(23)14-16-8-7-13-30-16/h3-4,9-10,16H,2,5-8,11-15H2,1H3. The third-order valence-electron chi connectivity index (χ3n) is 6.00. The van der Waals surface area contributed by atoms with E-state index in [0.717, 1.165) is 61.1 Å². The summed E-state index contributed by atoms with van der Waals surface area (Å²) in [5.41, 5.74) is 1.52. The number of rotatable bonds is 8. The minimum Gasteiger partial charge on any atom is -0.460 e. The van der Waals surface area contributed by atoms with Gasteiger partial charge in [-0.2, -0.15) is 0 Å². The van der Waals surface area contributed by atoms with Crippen molar-refractivity contribution in [3.63, 3.8) is 0 Å². The summed E-state index contributed by atoms with van der Waals surface area (Å²) in [4.78, 5) is 14.8. The number of esters is 1. The van der Waals surface area contributed by atoms with E-state index in [-0.39, 0.29) is 11.9 Å². The van der Waals surface area contributed by atoms with Crippen LogP contribution in [0.15, 0.2) is 33.8 Å². The van der Waals surface area contributed by atoms with Gasteiger partial charge >= 0.3 is 5.97 Å². The first-order valence-corrected chi connectivity index (χ1v) is 12.3. The van der Waals surface area contributed by atoms with Crippen molar-refractivity contribution in [2.75, 3.05) is 31.2 Å². The van der Waals surface area contributed by atoms with Crippen molar-refractivity contribution >= 4 is 34.6 Å². The van der Waals surface area contributed by atoms with Crippen LogP contribution in [-0.4, -0.2) is 53.1 Å². The predicted octanol–water partition coefficient (Wildman–Crippen LogP) is 4.27. The Morgan fingerprint density at radius 2 is 2.06 bits per heavy atom. The Morgan fingerprint density at radius 3 is 2.84 bits per heavy atom. The van der Waals surface area contributed by atoms with E-state index in [1.54, 1.807) is 18.7 Å². The van der Waals surface area contributed by atoms with E-state index in [2.05, 4.69) is 19.7 Å². The molecule has 2 aliphatic rings. The molecule has 0 saturated carbocycles. The first-order chi connectivity index (χ1) is 15.7. The van der Waals surface area contributed by atoms with E-state index < -0.39 is 5.97 Å². The number of hydrogen-bond acceptors (Lipinski definition) is 8. The molecule has 4 heterocycles. The Kier molecular flexibility index (Phi) is 6.36. The van der Waals surface area contributed by atoms with E-state index in [9.17, 15) is 4.79 Å². The maximum atomic E-state index is 12.5. The number of hydrogen-bond donors (Lipinski definition) is 0. The number of ether oxygens (including phenoxy) is 2. The summed E-state index contributed by atoms with van der Waals surface area (Å²) in [6.07, 6.45) is 4.70. The zero-order valence-electron chi connectivity index (χ0n) is 18.3. The summed E-state index contributed by atoms with van der Waals surface area (Å²) in [5, 5.41) is 10.8. The minimum atomic E-state index is -0.433. The number of para-hydroxylation sites is 1. The number of fused-ring (bicyclic) bond motifs is 1. The van der Waals surface area contributed by atoms with Crippen LogP contribution >= 0.6 is 11.8 Å². The third-order valence-corrected chi connectivity index (χ3v) is 6.99. The van der Waals surface area contributed by atoms with Crippen LogP contribution in [0.4, 0.5) is 5.95 Å². The molecular formula is C23H28N4O4S. The molecular weight excluding hydrogens is 428 g/mol. The normalized spacial score (nSPS) is 18.7. The van der Waals surface area contributed by atoms with Crippen LogP contribution in [0, 0.1) is 0 Å². The molecule has 2 aromatic heterocycles. The lowest BCUT2D eigenvalue weighted by atomic mass is 10.1. The van der Waals surface area contributed by atoms with Crippen molar-refractivity contribution < 1.29 is 18.7 Å². The van der Waals surface area contributed by atoms with Crippen LogP contribution in [0.2, 0.25) is 0 Å². The Hall–Kier alpha value is -2.52. The largest absolute Gasteiger partial charge is 0.460 e. The van der Waals surface area contributed by atoms with Gasteiger partial charge in [0.2, 0.25) is 11.7 Å². The highest BCUT2D eigenvalue weighted by Gasteiger charge is 2.27. The van der Waals surface area contributed by atoms with Gasteiger partial charge in [0.15, 0.2) is 5.16 Å². The van der Waals surface area contributed by atoms with Crippen molar-refractivity contribution in [1.29, 1.82) is 0 Å². The number of carbonyl (C=O) groups is 1. The van der Waals surface area contributed by atoms with E-state index in [1.807, 2.05) is 24.3 Å². The van der Waals surface area contributed by atoms with Crippen LogP contribution in [0.5, 0.6) is 0 Å². The van der Waals surface area contributed by atoms with Gasteiger partial charge < -0.3 is 18.8 Å². The Bertz CT molecular complexity index is 1080. The lowest BCUT2D eigenvalue weighted by molar-refractivity contribution is 0.0491. The summed E-state index contributed by atoms with van der Waals surface area (Å²) < 4.78 is 19.2. The molecule has 0 aliphatic carbocycles. The van der Waals surface area contributed by atoms with Crippen molar-refractivity contribution in [3.8, 4) is 0 Å². The van der Waals surface area contributed by atoms with E-state index in [1.165, 1.54) is 12.8 Å². The van der Waals surface area contributed by atoms with Crippen molar-refractivity contribution in [1.82, 2.24) is 14.8 Å². The monoisotopic (exact) mass is 456 g/mol. The number of benzene rings is 1. The average molecular weight is 457 g/mol. The van der Waals surface area contributed by atoms with Crippen molar-refractivity contribution in [2.45, 2.75) is 56.2 Å². The number of carbonyl (C=O) groups excluding carboxylic acids is 1. The second kappa shape index (κ2) is 9.54. The topological polar surface area (TPSA) is 82.6 Å². The molecule has 2 saturated heterocycles. The Labute approximate surface area is 191 Å². The number of furan rings is 1. The average Bonchev–Trinajstić information content (AvgIpc) is 3.59. The predicted molar refractivity (Wildman–Crippen MR) is 122 cm³/mol. The molecule has 9 heteroatoms. The van der Waals surface area contributed by atoms with Crippen LogP contribution in [0.1, 0.15) is 48.7 Å². The summed E-state index contributed by atoms with van der Waals surface area (Å²) in [6, 6.07) is 7.70. The zero-order chi connectivity index (χ0) is 21.9. The summed E-state index contributed by atoms with van der Waals surface area (Å²) in [5.74, 6) is 1.29. The second-order valence-electron chi connectivity index (χ2n) is 8.14. The molecule has 5 rings (SSSR count). The Balaban J connectivity index is 1.44. The van der Waals surface area contributed by atoms with E-state index in [4.69, 9.17) is 13.9 Å². The zero-order valence-corrected chi connectivity index (χ0v) is 19.1. The highest BCUT2D eigenvalue weighted by molar-refractivity contribution is 7.98. The van der Waals surface area contributed by atoms with Gasteiger partial charge in [0.05, 0.1) is 19.3 Å². The molecule has 32 heavy (non-hydrogen) atoms. The van der Waals surface area contributed by atoms with Crippen LogP contribution in [0.25, 0.3) is 11.0 Å². The van der Waals surface area contributed by atoms with Gasteiger partial charge in [-0.1, -0.05) is 30.0 Å². The molecule has 0 bridgehead atoms. The van der Waals surface area contributed by atoms with Crippen molar-refractivity contribution in [3.05, 3.63) is 35.6 Å². The summed E-state index contributed by atoms with van der Waals surface area (Å²) >= 11 is 1.57. The summed E-state index contributed by atoms with van der Waals surface area (Å²) in [6.45, 7) is 5.68. The molecule has 1 unspecified atom stereocenters. The maximum absolute atomic E-state index is 12.5. The van der Waals surface area contributed by atoms with E-state index in [0.29, 0.717) is 17.9 Å². The van der Waals surface area contributed by atoms with Crippen LogP contribution in [0.3, 0.4) is 0 Å². The van der Waals surface area contributed by atoms with Gasteiger partial charge in [0.1, 0.15) is 5.58 Å². The molecule has 2 aliphatic heterocycles. The number of anilines is 1.